The Balaban J connectivity index is 2.80. The number of ether oxygens (including phenoxy) is 1. The Morgan fingerprint density at radius 1 is 1.19 bits per heavy atom. The molecule has 0 heterocycles. The predicted molar refractivity (Wildman–Crippen MR) is 66.5 cm³/mol. The number of quaternary nitrogens is 1. The van der Waals surface area contributed by atoms with Gasteiger partial charge in [-0.25, -0.2) is 4.79 Å². The van der Waals surface area contributed by atoms with E-state index in [1.54, 1.807) is 19.1 Å². The van der Waals surface area contributed by atoms with E-state index in [1.165, 1.54) is 0 Å². The summed E-state index contributed by atoms with van der Waals surface area (Å²) in [5, 5.41) is 0. The Morgan fingerprint density at radius 2 is 1.69 bits per heavy atom. The second-order valence-corrected chi connectivity index (χ2v) is 4.68. The number of carbonyl (C=O) groups is 1. The largest absolute Gasteiger partial charge is 0.423 e. The maximum absolute atomic E-state index is 11.3. The van der Waals surface area contributed by atoms with Crippen molar-refractivity contribution in [3.63, 3.8) is 0 Å². The summed E-state index contributed by atoms with van der Waals surface area (Å²) >= 11 is 0. The summed E-state index contributed by atoms with van der Waals surface area (Å²) in [6.07, 6.45) is 0. The molecule has 0 saturated heterocycles. The van der Waals surface area contributed by atoms with Crippen molar-refractivity contribution in [1.82, 2.24) is 4.48 Å². The Hall–Kier alpha value is -1.61. The van der Waals surface area contributed by atoms with Gasteiger partial charge >= 0.3 is 5.97 Å². The number of rotatable bonds is 3. The van der Waals surface area contributed by atoms with Gasteiger partial charge in [-0.05, 0) is 19.1 Å². The zero-order chi connectivity index (χ0) is 12.3. The van der Waals surface area contributed by atoms with E-state index in [9.17, 15) is 4.79 Å². The van der Waals surface area contributed by atoms with Crippen LogP contribution in [0.1, 0.15) is 6.92 Å². The molecule has 0 radical (unpaired) electrons. The number of hydrogen-bond acceptors (Lipinski definition) is 2. The molecule has 0 spiro atoms. The van der Waals surface area contributed by atoms with E-state index >= 15 is 0 Å². The molecule has 0 aliphatic rings. The van der Waals surface area contributed by atoms with Crippen molar-refractivity contribution in [3.05, 3.63) is 36.4 Å². The molecular weight excluding hydrogens is 202 g/mol. The summed E-state index contributed by atoms with van der Waals surface area (Å²) < 4.78 is 5.83. The SMILES string of the molecule is C=C(C)C(=O)Oc1ccc([N+](C)(C)C)cc1. The van der Waals surface area contributed by atoms with Gasteiger partial charge in [0.1, 0.15) is 11.4 Å². The fourth-order valence-electron chi connectivity index (χ4n) is 1.16. The highest BCUT2D eigenvalue weighted by molar-refractivity contribution is 5.88. The molecule has 0 aromatic heterocycles. The minimum Gasteiger partial charge on any atom is -0.423 e. The van der Waals surface area contributed by atoms with Crippen molar-refractivity contribution >= 4 is 11.7 Å². The lowest BCUT2D eigenvalue weighted by atomic mass is 10.2. The lowest BCUT2D eigenvalue weighted by Gasteiger charge is -2.23. The second-order valence-electron chi connectivity index (χ2n) is 4.68. The molecule has 3 heteroatoms. The molecule has 0 saturated carbocycles. The van der Waals surface area contributed by atoms with E-state index in [1.807, 2.05) is 12.1 Å². The average Bonchev–Trinajstić information content (AvgIpc) is 2.17. The van der Waals surface area contributed by atoms with Crippen molar-refractivity contribution in [2.24, 2.45) is 0 Å². The summed E-state index contributed by atoms with van der Waals surface area (Å²) in [5.41, 5.74) is 1.55. The van der Waals surface area contributed by atoms with Gasteiger partial charge in [-0.1, -0.05) is 6.58 Å². The van der Waals surface area contributed by atoms with Crippen LogP contribution in [0.5, 0.6) is 5.75 Å². The van der Waals surface area contributed by atoms with Crippen LogP contribution in [0.2, 0.25) is 0 Å². The van der Waals surface area contributed by atoms with Gasteiger partial charge < -0.3 is 4.74 Å². The predicted octanol–water partition coefficient (Wildman–Crippen LogP) is 2.36. The van der Waals surface area contributed by atoms with Crippen LogP contribution in [0.25, 0.3) is 0 Å². The summed E-state index contributed by atoms with van der Waals surface area (Å²) in [6.45, 7) is 5.16. The van der Waals surface area contributed by atoms with Crippen LogP contribution in [-0.2, 0) is 4.79 Å². The molecule has 0 aliphatic carbocycles. The summed E-state index contributed by atoms with van der Waals surface area (Å²) in [5.74, 6) is 0.156. The van der Waals surface area contributed by atoms with Crippen molar-refractivity contribution in [2.75, 3.05) is 21.1 Å². The molecule has 0 aliphatic heterocycles. The minimum absolute atomic E-state index is 0.391. The standard InChI is InChI=1S/C13H18NO2/c1-10(2)13(15)16-12-8-6-11(7-9-12)14(3,4)5/h6-9H,1H2,2-5H3/q+1. The maximum atomic E-state index is 11.3. The van der Waals surface area contributed by atoms with Crippen LogP contribution in [0, 0.1) is 0 Å². The van der Waals surface area contributed by atoms with Gasteiger partial charge in [-0.2, -0.15) is 0 Å². The van der Waals surface area contributed by atoms with Crippen LogP contribution < -0.4 is 9.22 Å². The first-order chi connectivity index (χ1) is 7.30. The average molecular weight is 220 g/mol. The maximum Gasteiger partial charge on any atom is 0.338 e. The fraction of sp³-hybridized carbons (Fsp3) is 0.308. The van der Waals surface area contributed by atoms with E-state index in [4.69, 9.17) is 4.74 Å². The molecule has 0 unspecified atom stereocenters. The Labute approximate surface area is 96.5 Å². The normalized spacial score (nSPS) is 11.0. The molecule has 1 rings (SSSR count). The molecule has 3 nitrogen and oxygen atoms in total. The molecule has 0 amide bonds. The number of benzene rings is 1. The number of esters is 1. The number of hydrogen-bond donors (Lipinski definition) is 0. The van der Waals surface area contributed by atoms with Gasteiger partial charge in [0.15, 0.2) is 0 Å². The molecule has 16 heavy (non-hydrogen) atoms. The molecule has 1 aromatic rings. The van der Waals surface area contributed by atoms with Crippen molar-refractivity contribution in [2.45, 2.75) is 6.92 Å². The highest BCUT2D eigenvalue weighted by Gasteiger charge is 2.12. The van der Waals surface area contributed by atoms with Crippen molar-refractivity contribution < 1.29 is 9.53 Å². The van der Waals surface area contributed by atoms with E-state index in [2.05, 4.69) is 27.7 Å². The van der Waals surface area contributed by atoms with Crippen LogP contribution in [0.4, 0.5) is 5.69 Å². The van der Waals surface area contributed by atoms with Gasteiger partial charge in [0, 0.05) is 17.7 Å². The monoisotopic (exact) mass is 220 g/mol. The van der Waals surface area contributed by atoms with Crippen molar-refractivity contribution in [3.8, 4) is 5.75 Å². The second kappa shape index (κ2) is 4.49. The third kappa shape index (κ3) is 3.21. The third-order valence-electron chi connectivity index (χ3n) is 2.17. The van der Waals surface area contributed by atoms with E-state index in [0.717, 1.165) is 10.2 Å². The van der Waals surface area contributed by atoms with Crippen molar-refractivity contribution in [1.29, 1.82) is 0 Å². The molecule has 1 aromatic carbocycles. The summed E-state index contributed by atoms with van der Waals surface area (Å²) in [4.78, 5) is 11.3. The lowest BCUT2D eigenvalue weighted by Crippen LogP contribution is -2.34. The molecule has 0 fully saturated rings. The Morgan fingerprint density at radius 3 is 2.06 bits per heavy atom. The zero-order valence-corrected chi connectivity index (χ0v) is 10.3. The highest BCUT2D eigenvalue weighted by atomic mass is 16.5. The van der Waals surface area contributed by atoms with Gasteiger partial charge in [-0.15, -0.1) is 0 Å². The fourth-order valence-corrected chi connectivity index (χ4v) is 1.16. The van der Waals surface area contributed by atoms with E-state index in [-0.39, 0.29) is 0 Å². The summed E-state index contributed by atoms with van der Waals surface area (Å²) in [7, 11) is 6.23. The molecule has 0 N–H and O–H groups in total. The van der Waals surface area contributed by atoms with E-state index < -0.39 is 5.97 Å². The van der Waals surface area contributed by atoms with Gasteiger partial charge in [0.05, 0.1) is 21.1 Å². The first-order valence-corrected chi connectivity index (χ1v) is 5.10. The van der Waals surface area contributed by atoms with Crippen LogP contribution in [-0.4, -0.2) is 27.1 Å². The smallest absolute Gasteiger partial charge is 0.338 e. The molecule has 0 bridgehead atoms. The van der Waals surface area contributed by atoms with Gasteiger partial charge in [0.25, 0.3) is 0 Å². The minimum atomic E-state index is -0.391. The number of nitrogens with zero attached hydrogens (tertiary/aromatic N) is 1. The quantitative estimate of drug-likeness (QED) is 0.338. The molecule has 86 valence electrons. The highest BCUT2D eigenvalue weighted by Crippen LogP contribution is 2.21. The van der Waals surface area contributed by atoms with Crippen LogP contribution in [0.15, 0.2) is 36.4 Å². The van der Waals surface area contributed by atoms with Crippen LogP contribution >= 0.6 is 0 Å². The first kappa shape index (κ1) is 12.5. The zero-order valence-electron chi connectivity index (χ0n) is 10.3. The summed E-state index contributed by atoms with van der Waals surface area (Å²) in [6, 6.07) is 7.47. The first-order valence-electron chi connectivity index (χ1n) is 5.10. The lowest BCUT2D eigenvalue weighted by molar-refractivity contribution is -0.130. The number of carbonyl (C=O) groups excluding carboxylic acids is 1. The van der Waals surface area contributed by atoms with E-state index in [0.29, 0.717) is 11.3 Å². The molecular formula is C13H18NO2+. The van der Waals surface area contributed by atoms with Gasteiger partial charge in [-0.3, -0.25) is 4.48 Å². The Kier molecular flexibility index (Phi) is 3.50. The van der Waals surface area contributed by atoms with Gasteiger partial charge in [0.2, 0.25) is 0 Å². The Bertz CT molecular complexity index is 399. The topological polar surface area (TPSA) is 26.3 Å². The van der Waals surface area contributed by atoms with Crippen LogP contribution in [0.3, 0.4) is 0 Å². The molecule has 0 atom stereocenters. The third-order valence-corrected chi connectivity index (χ3v) is 2.17.